The molecule has 282 valence electrons. The first-order valence-corrected chi connectivity index (χ1v) is 25.4. The summed E-state index contributed by atoms with van der Waals surface area (Å²) in [5, 5.41) is 5.58. The van der Waals surface area contributed by atoms with Crippen LogP contribution in [-0.4, -0.2) is 51.9 Å². The molecule has 3 aromatic carbocycles. The zero-order valence-corrected chi connectivity index (χ0v) is 37.0. The lowest BCUT2D eigenvalue weighted by molar-refractivity contribution is -0.105. The second-order valence-electron chi connectivity index (χ2n) is 18.7. The largest absolute Gasteiger partial charge is 0.498 e. The van der Waals surface area contributed by atoms with Gasteiger partial charge in [0.15, 0.2) is 6.29 Å². The van der Waals surface area contributed by atoms with Gasteiger partial charge >= 0.3 is 7.12 Å². The van der Waals surface area contributed by atoms with Crippen LogP contribution in [0.2, 0.25) is 35.3 Å². The molecule has 6 rings (SSSR count). The number of ether oxygens (including phenoxy) is 2. The number of hydrogen-bond donors (Lipinski definition) is 0. The molecule has 1 aromatic heterocycles. The summed E-state index contributed by atoms with van der Waals surface area (Å²) >= 11 is 0. The minimum atomic E-state index is -1.86. The molecule has 5 nitrogen and oxygen atoms in total. The first kappa shape index (κ1) is 39.3. The lowest BCUT2D eigenvalue weighted by Gasteiger charge is -2.36. The lowest BCUT2D eigenvalue weighted by atomic mass is 9.77. The highest BCUT2D eigenvalue weighted by Crippen LogP contribution is 2.42. The third kappa shape index (κ3) is 6.46. The standard InChI is InChI=1S/C44H66BNO4Si2/c1-28(2)51(14,29(3)4)33-19-21-35-36-22-20-34(52(15,30(5)6)31(7)8)27-39(36)46(38(35)26-33)40-25-32(9)24-37(42(40)48-41-18-16-17-23-47-41)45-49-43(10,11)44(12,13)50-45/h19-22,24-31,41H,16-18,23H2,1-15H3. The van der Waals surface area contributed by atoms with Crippen LogP contribution < -0.4 is 20.6 Å². The maximum atomic E-state index is 7.11. The number of aryl methyl sites for hydroxylation is 1. The molecule has 0 aliphatic carbocycles. The number of aromatic nitrogens is 1. The van der Waals surface area contributed by atoms with E-state index in [1.165, 1.54) is 32.2 Å². The Kier molecular flexibility index (Phi) is 10.6. The number of nitrogens with zero attached hydrogens (tertiary/aromatic N) is 1. The number of hydrogen-bond acceptors (Lipinski definition) is 4. The Morgan fingerprint density at radius 2 is 1.19 bits per heavy atom. The lowest BCUT2D eigenvalue weighted by Crippen LogP contribution is -2.50. The van der Waals surface area contributed by atoms with E-state index in [4.69, 9.17) is 18.8 Å². The molecule has 0 radical (unpaired) electrons. The van der Waals surface area contributed by atoms with Crippen LogP contribution in [0.1, 0.15) is 108 Å². The van der Waals surface area contributed by atoms with Gasteiger partial charge in [0.2, 0.25) is 0 Å². The van der Waals surface area contributed by atoms with Crippen LogP contribution in [-0.2, 0) is 14.0 Å². The van der Waals surface area contributed by atoms with Crippen LogP contribution in [0.15, 0.2) is 48.5 Å². The summed E-state index contributed by atoms with van der Waals surface area (Å²) in [5.41, 5.74) is 7.04. The average Bonchev–Trinajstić information content (AvgIpc) is 3.51. The highest BCUT2D eigenvalue weighted by Gasteiger charge is 2.53. The normalized spacial score (nSPS) is 19.7. The number of benzene rings is 3. The second kappa shape index (κ2) is 14.0. The highest BCUT2D eigenvalue weighted by molar-refractivity contribution is 6.93. The SMILES string of the molecule is Cc1cc(B2OC(C)(C)C(C)(C)O2)c(OC2CCCCO2)c(-n2c3cc([Si](C)(C(C)C)C(C)C)ccc3c3ccc([Si](C)(C(C)C)C(C)C)cc32)c1. The van der Waals surface area contributed by atoms with Crippen LogP contribution in [0.3, 0.4) is 0 Å². The summed E-state index contributed by atoms with van der Waals surface area (Å²) in [7, 11) is -4.30. The zero-order chi connectivity index (χ0) is 38.1. The quantitative estimate of drug-likeness (QED) is 0.152. The maximum Gasteiger partial charge on any atom is 0.498 e. The molecule has 52 heavy (non-hydrogen) atoms. The van der Waals surface area contributed by atoms with E-state index in [2.05, 4.69) is 156 Å². The van der Waals surface area contributed by atoms with Crippen LogP contribution in [0.4, 0.5) is 0 Å². The molecule has 3 heterocycles. The summed E-state index contributed by atoms with van der Waals surface area (Å²) in [6.07, 6.45) is 2.68. The Labute approximate surface area is 317 Å². The van der Waals surface area contributed by atoms with Gasteiger partial charge in [-0.1, -0.05) is 109 Å². The Morgan fingerprint density at radius 3 is 1.62 bits per heavy atom. The van der Waals surface area contributed by atoms with Gasteiger partial charge in [-0.3, -0.25) is 0 Å². The Balaban J connectivity index is 1.73. The van der Waals surface area contributed by atoms with Crippen molar-refractivity contribution in [2.75, 3.05) is 6.61 Å². The van der Waals surface area contributed by atoms with E-state index < -0.39 is 34.5 Å². The van der Waals surface area contributed by atoms with Crippen molar-refractivity contribution in [3.05, 3.63) is 54.1 Å². The Bertz CT molecular complexity index is 1820. The van der Waals surface area contributed by atoms with Crippen LogP contribution >= 0.6 is 0 Å². The molecule has 0 saturated carbocycles. The Hall–Kier alpha value is -2.36. The van der Waals surface area contributed by atoms with E-state index in [1.54, 1.807) is 0 Å². The minimum absolute atomic E-state index is 0.328. The van der Waals surface area contributed by atoms with Gasteiger partial charge in [0.1, 0.15) is 5.75 Å². The van der Waals surface area contributed by atoms with Gasteiger partial charge < -0.3 is 23.3 Å². The second-order valence-corrected chi connectivity index (χ2v) is 29.6. The van der Waals surface area contributed by atoms with Crippen molar-refractivity contribution in [2.24, 2.45) is 0 Å². The fraction of sp³-hybridized carbons (Fsp3) is 0.591. The third-order valence-corrected chi connectivity index (χ3v) is 26.9. The molecule has 2 aliphatic heterocycles. The third-order valence-electron chi connectivity index (χ3n) is 14.2. The van der Waals surface area contributed by atoms with E-state index >= 15 is 0 Å². The molecule has 0 N–H and O–H groups in total. The van der Waals surface area contributed by atoms with Gasteiger partial charge in [-0.15, -0.1) is 0 Å². The molecule has 2 aliphatic rings. The van der Waals surface area contributed by atoms with Gasteiger partial charge in [-0.2, -0.15) is 0 Å². The number of fused-ring (bicyclic) bond motifs is 3. The molecule has 2 fully saturated rings. The van der Waals surface area contributed by atoms with E-state index in [0.717, 1.165) is 41.7 Å². The fourth-order valence-electron chi connectivity index (χ4n) is 8.77. The van der Waals surface area contributed by atoms with E-state index in [0.29, 0.717) is 28.8 Å². The molecule has 0 amide bonds. The summed E-state index contributed by atoms with van der Waals surface area (Å²) in [4.78, 5) is 0. The van der Waals surface area contributed by atoms with Gasteiger partial charge in [-0.05, 0) is 93.4 Å². The van der Waals surface area contributed by atoms with Gasteiger partial charge in [0.25, 0.3) is 0 Å². The average molecular weight is 740 g/mol. The monoisotopic (exact) mass is 739 g/mol. The smallest absolute Gasteiger partial charge is 0.463 e. The van der Waals surface area contributed by atoms with Crippen molar-refractivity contribution in [3.8, 4) is 11.4 Å². The predicted octanol–water partition coefficient (Wildman–Crippen LogP) is 10.5. The summed E-state index contributed by atoms with van der Waals surface area (Å²) in [5.74, 6) is 0.797. The molecule has 4 aromatic rings. The molecule has 0 bridgehead atoms. The molecule has 8 heteroatoms. The summed E-state index contributed by atoms with van der Waals surface area (Å²) < 4.78 is 29.5. The van der Waals surface area contributed by atoms with Crippen molar-refractivity contribution in [3.63, 3.8) is 0 Å². The highest BCUT2D eigenvalue weighted by atomic mass is 28.3. The molecule has 1 unspecified atom stereocenters. The topological polar surface area (TPSA) is 41.9 Å². The minimum Gasteiger partial charge on any atom is -0.463 e. The molecule has 0 spiro atoms. The van der Waals surface area contributed by atoms with Crippen molar-refractivity contribution >= 4 is 60.9 Å². The van der Waals surface area contributed by atoms with E-state index in [-0.39, 0.29) is 6.29 Å². The first-order chi connectivity index (χ1) is 24.2. The molecule has 1 atom stereocenters. The summed E-state index contributed by atoms with van der Waals surface area (Å²) in [6, 6.07) is 19.3. The first-order valence-electron chi connectivity index (χ1n) is 20.1. The van der Waals surface area contributed by atoms with Crippen molar-refractivity contribution in [1.29, 1.82) is 0 Å². The van der Waals surface area contributed by atoms with Crippen molar-refractivity contribution in [1.82, 2.24) is 4.57 Å². The van der Waals surface area contributed by atoms with E-state index in [1.807, 2.05) is 0 Å². The summed E-state index contributed by atoms with van der Waals surface area (Å²) in [6.45, 7) is 36.0. The van der Waals surface area contributed by atoms with Crippen molar-refractivity contribution < 1.29 is 18.8 Å². The van der Waals surface area contributed by atoms with Crippen LogP contribution in [0.25, 0.3) is 27.5 Å². The van der Waals surface area contributed by atoms with Gasteiger partial charge in [-0.25, -0.2) is 0 Å². The maximum absolute atomic E-state index is 7.11. The van der Waals surface area contributed by atoms with Crippen molar-refractivity contribution in [2.45, 2.75) is 162 Å². The van der Waals surface area contributed by atoms with Gasteiger partial charge in [0, 0.05) is 22.7 Å². The fourth-order valence-corrected chi connectivity index (χ4v) is 15.9. The van der Waals surface area contributed by atoms with Crippen LogP contribution in [0.5, 0.6) is 5.75 Å². The van der Waals surface area contributed by atoms with Crippen LogP contribution in [0, 0.1) is 6.92 Å². The van der Waals surface area contributed by atoms with E-state index in [9.17, 15) is 0 Å². The molecule has 2 saturated heterocycles. The Morgan fingerprint density at radius 1 is 0.712 bits per heavy atom. The van der Waals surface area contributed by atoms with Gasteiger partial charge in [0.05, 0.1) is 50.7 Å². The predicted molar refractivity (Wildman–Crippen MR) is 228 cm³/mol. The zero-order valence-electron chi connectivity index (χ0n) is 35.0. The number of rotatable bonds is 10. The molecular formula is C44H66BNO4Si2. The molecular weight excluding hydrogens is 673 g/mol.